The smallest absolute Gasteiger partial charge is 0.355 e. The summed E-state index contributed by atoms with van der Waals surface area (Å²) in [5, 5.41) is 6.02. The number of esters is 1. The van der Waals surface area contributed by atoms with E-state index in [4.69, 9.17) is 4.74 Å². The molecule has 0 aliphatic heterocycles. The number of benzene rings is 1. The maximum atomic E-state index is 12.0. The Morgan fingerprint density at radius 1 is 1.24 bits per heavy atom. The minimum Gasteiger partial charge on any atom is -0.451 e. The first-order valence-electron chi connectivity index (χ1n) is 7.78. The summed E-state index contributed by atoms with van der Waals surface area (Å²) in [7, 11) is 0. The Hall–Kier alpha value is -3.16. The molecule has 8 heteroatoms. The molecule has 3 N–H and O–H groups in total. The van der Waals surface area contributed by atoms with Gasteiger partial charge in [-0.15, -0.1) is 0 Å². The molecule has 0 aliphatic carbocycles. The van der Waals surface area contributed by atoms with Crippen LogP contribution in [-0.2, 0) is 14.3 Å². The fourth-order valence-corrected chi connectivity index (χ4v) is 2.21. The van der Waals surface area contributed by atoms with E-state index in [0.29, 0.717) is 17.3 Å². The molecule has 0 radical (unpaired) electrons. The van der Waals surface area contributed by atoms with E-state index >= 15 is 0 Å². The van der Waals surface area contributed by atoms with E-state index in [0.717, 1.165) is 0 Å². The third-order valence-corrected chi connectivity index (χ3v) is 3.43. The predicted octanol–water partition coefficient (Wildman–Crippen LogP) is 0.326. The first kappa shape index (κ1) is 18.2. The number of rotatable bonds is 6. The van der Waals surface area contributed by atoms with Gasteiger partial charge in [-0.05, 0) is 31.4 Å². The van der Waals surface area contributed by atoms with E-state index in [1.807, 2.05) is 0 Å². The summed E-state index contributed by atoms with van der Waals surface area (Å²) in [5.41, 5.74) is -0.465. The molecule has 8 nitrogen and oxygen atoms in total. The number of ether oxygens (including phenoxy) is 1. The molecule has 1 atom stereocenters. The molecule has 2 amide bonds. The number of likely N-dealkylation sites (N-methyl/N-ethyl adjacent to an activating group) is 1. The molecule has 0 saturated heterocycles. The molecule has 1 aromatic carbocycles. The Morgan fingerprint density at radius 3 is 2.68 bits per heavy atom. The van der Waals surface area contributed by atoms with Crippen LogP contribution in [-0.4, -0.2) is 42.0 Å². The summed E-state index contributed by atoms with van der Waals surface area (Å²) in [6.45, 7) is 3.17. The van der Waals surface area contributed by atoms with Gasteiger partial charge in [-0.1, -0.05) is 18.2 Å². The lowest BCUT2D eigenvalue weighted by atomic mass is 10.1. The van der Waals surface area contributed by atoms with Gasteiger partial charge in [0.05, 0.1) is 0 Å². The largest absolute Gasteiger partial charge is 0.451 e. The molecule has 0 saturated carbocycles. The minimum atomic E-state index is -0.830. The van der Waals surface area contributed by atoms with Crippen molar-refractivity contribution in [3.63, 3.8) is 0 Å². The second kappa shape index (κ2) is 8.09. The summed E-state index contributed by atoms with van der Waals surface area (Å²) < 4.78 is 4.88. The van der Waals surface area contributed by atoms with Crippen molar-refractivity contribution >= 4 is 28.6 Å². The molecule has 132 valence electrons. The van der Waals surface area contributed by atoms with E-state index in [-0.39, 0.29) is 11.6 Å². The van der Waals surface area contributed by atoms with Crippen LogP contribution in [0.15, 0.2) is 35.1 Å². The van der Waals surface area contributed by atoms with E-state index in [9.17, 15) is 19.2 Å². The Bertz CT molecular complexity index is 859. The highest BCUT2D eigenvalue weighted by molar-refractivity contribution is 5.94. The van der Waals surface area contributed by atoms with Crippen LogP contribution in [0.2, 0.25) is 0 Å². The zero-order valence-electron chi connectivity index (χ0n) is 13.9. The van der Waals surface area contributed by atoms with Crippen molar-refractivity contribution in [1.82, 2.24) is 15.6 Å². The molecular weight excluding hydrogens is 326 g/mol. The zero-order chi connectivity index (χ0) is 18.4. The number of hydrogen-bond acceptors (Lipinski definition) is 5. The van der Waals surface area contributed by atoms with Gasteiger partial charge in [-0.3, -0.25) is 14.4 Å². The first-order chi connectivity index (χ1) is 11.9. The monoisotopic (exact) mass is 345 g/mol. The number of nitrogens with one attached hydrogen (secondary N) is 3. The van der Waals surface area contributed by atoms with Crippen molar-refractivity contribution in [2.45, 2.75) is 19.9 Å². The predicted molar refractivity (Wildman–Crippen MR) is 91.1 cm³/mol. The highest BCUT2D eigenvalue weighted by atomic mass is 16.5. The van der Waals surface area contributed by atoms with Crippen LogP contribution < -0.4 is 16.2 Å². The van der Waals surface area contributed by atoms with Crippen molar-refractivity contribution in [2.24, 2.45) is 0 Å². The third-order valence-electron chi connectivity index (χ3n) is 3.43. The number of pyridine rings is 1. The fourth-order valence-electron chi connectivity index (χ4n) is 2.21. The van der Waals surface area contributed by atoms with Gasteiger partial charge in [0.1, 0.15) is 11.7 Å². The number of aromatic nitrogens is 1. The Balaban J connectivity index is 1.97. The molecular formula is C17H19N3O5. The normalized spacial score (nSPS) is 11.6. The number of carbonyl (C=O) groups is 3. The van der Waals surface area contributed by atoms with E-state index in [1.54, 1.807) is 31.2 Å². The van der Waals surface area contributed by atoms with Crippen molar-refractivity contribution in [3.8, 4) is 0 Å². The molecule has 0 fully saturated rings. The lowest BCUT2D eigenvalue weighted by Crippen LogP contribution is -2.46. The topological polar surface area (TPSA) is 117 Å². The van der Waals surface area contributed by atoms with E-state index in [1.165, 1.54) is 13.0 Å². The van der Waals surface area contributed by atoms with Gasteiger partial charge in [0.2, 0.25) is 5.91 Å². The van der Waals surface area contributed by atoms with Crippen LogP contribution in [0.25, 0.3) is 10.8 Å². The SMILES string of the molecule is CCNC(=O)[C@H](C)NC(=O)COC(=O)c1cc2ccccc2c(=O)[nH]1. The molecule has 0 unspecified atom stereocenters. The molecule has 2 aromatic rings. The zero-order valence-corrected chi connectivity index (χ0v) is 13.9. The summed E-state index contributed by atoms with van der Waals surface area (Å²) >= 11 is 0. The summed E-state index contributed by atoms with van der Waals surface area (Å²) in [5.74, 6) is -1.78. The van der Waals surface area contributed by atoms with Crippen LogP contribution in [0.3, 0.4) is 0 Å². The Labute approximate surface area is 143 Å². The number of fused-ring (bicyclic) bond motifs is 1. The van der Waals surface area contributed by atoms with Crippen LogP contribution in [0.5, 0.6) is 0 Å². The van der Waals surface area contributed by atoms with Crippen molar-refractivity contribution in [2.75, 3.05) is 13.2 Å². The van der Waals surface area contributed by atoms with Gasteiger partial charge in [0, 0.05) is 11.9 Å². The van der Waals surface area contributed by atoms with Crippen molar-refractivity contribution in [3.05, 3.63) is 46.4 Å². The van der Waals surface area contributed by atoms with Crippen LogP contribution in [0.4, 0.5) is 0 Å². The van der Waals surface area contributed by atoms with Gasteiger partial charge < -0.3 is 20.4 Å². The van der Waals surface area contributed by atoms with Gasteiger partial charge in [-0.25, -0.2) is 4.79 Å². The molecule has 2 rings (SSSR count). The minimum absolute atomic E-state index is 0.0479. The molecule has 1 aromatic heterocycles. The molecule has 0 spiro atoms. The first-order valence-corrected chi connectivity index (χ1v) is 7.78. The maximum absolute atomic E-state index is 12.0. The van der Waals surface area contributed by atoms with Crippen LogP contribution in [0, 0.1) is 0 Å². The fraction of sp³-hybridized carbons (Fsp3) is 0.294. The second-order valence-corrected chi connectivity index (χ2v) is 5.36. The quantitative estimate of drug-likeness (QED) is 0.652. The highest BCUT2D eigenvalue weighted by Gasteiger charge is 2.17. The Morgan fingerprint density at radius 2 is 1.96 bits per heavy atom. The average Bonchev–Trinajstić information content (AvgIpc) is 2.59. The number of carbonyl (C=O) groups excluding carboxylic acids is 3. The molecule has 0 bridgehead atoms. The second-order valence-electron chi connectivity index (χ2n) is 5.36. The molecule has 0 aliphatic rings. The van der Waals surface area contributed by atoms with Crippen LogP contribution in [0.1, 0.15) is 24.3 Å². The van der Waals surface area contributed by atoms with Crippen molar-refractivity contribution < 1.29 is 19.1 Å². The number of aromatic amines is 1. The number of H-pyrrole nitrogens is 1. The van der Waals surface area contributed by atoms with Gasteiger partial charge in [0.15, 0.2) is 6.61 Å². The summed E-state index contributed by atoms with van der Waals surface area (Å²) in [4.78, 5) is 49.6. The number of amides is 2. The molecule has 25 heavy (non-hydrogen) atoms. The third kappa shape index (κ3) is 4.66. The van der Waals surface area contributed by atoms with E-state index in [2.05, 4.69) is 15.6 Å². The average molecular weight is 345 g/mol. The summed E-state index contributed by atoms with van der Waals surface area (Å²) in [6.07, 6.45) is 0. The van der Waals surface area contributed by atoms with Crippen LogP contribution >= 0.6 is 0 Å². The molecule has 1 heterocycles. The van der Waals surface area contributed by atoms with E-state index < -0.39 is 30.1 Å². The van der Waals surface area contributed by atoms with Gasteiger partial charge in [-0.2, -0.15) is 0 Å². The number of hydrogen-bond donors (Lipinski definition) is 3. The lowest BCUT2D eigenvalue weighted by molar-refractivity contribution is -0.130. The van der Waals surface area contributed by atoms with Gasteiger partial charge in [0.25, 0.3) is 11.5 Å². The standard InChI is InChI=1S/C17H19N3O5/c1-3-18-15(22)10(2)19-14(21)9-25-17(24)13-8-11-6-4-5-7-12(11)16(23)20-13/h4-8,10H,3,9H2,1-2H3,(H,18,22)(H,19,21)(H,20,23)/t10-/m0/s1. The lowest BCUT2D eigenvalue weighted by Gasteiger charge is -2.13. The highest BCUT2D eigenvalue weighted by Crippen LogP contribution is 2.10. The maximum Gasteiger partial charge on any atom is 0.355 e. The van der Waals surface area contributed by atoms with Crippen molar-refractivity contribution in [1.29, 1.82) is 0 Å². The summed E-state index contributed by atoms with van der Waals surface area (Å²) in [6, 6.07) is 7.53. The Kier molecular flexibility index (Phi) is 5.89. The van der Waals surface area contributed by atoms with Gasteiger partial charge >= 0.3 is 5.97 Å².